The van der Waals surface area contributed by atoms with E-state index in [9.17, 15) is 9.18 Å². The Kier molecular flexibility index (Phi) is 4.90. The number of Topliss-reactive ketones (excluding diaryl/α,β-unsaturated/α-hetero) is 1. The van der Waals surface area contributed by atoms with E-state index in [1.807, 2.05) is 0 Å². The van der Waals surface area contributed by atoms with Gasteiger partial charge in [0.1, 0.15) is 17.7 Å². The van der Waals surface area contributed by atoms with Gasteiger partial charge < -0.3 is 14.2 Å². The SMILES string of the molecule is COCCOC1C(=O)CC1Oc1cc(F)ccc1Br. The molecule has 0 radical (unpaired) electrons. The Morgan fingerprint density at radius 1 is 1.42 bits per heavy atom. The van der Waals surface area contributed by atoms with E-state index in [2.05, 4.69) is 15.9 Å². The monoisotopic (exact) mass is 332 g/mol. The van der Waals surface area contributed by atoms with Gasteiger partial charge in [-0.05, 0) is 28.1 Å². The van der Waals surface area contributed by atoms with E-state index in [4.69, 9.17) is 14.2 Å². The van der Waals surface area contributed by atoms with Crippen LogP contribution in [0.25, 0.3) is 0 Å². The highest BCUT2D eigenvalue weighted by Crippen LogP contribution is 2.31. The summed E-state index contributed by atoms with van der Waals surface area (Å²) < 4.78 is 29.6. The maximum atomic E-state index is 13.1. The highest BCUT2D eigenvalue weighted by atomic mass is 79.9. The molecule has 0 amide bonds. The van der Waals surface area contributed by atoms with E-state index >= 15 is 0 Å². The van der Waals surface area contributed by atoms with Gasteiger partial charge in [-0.1, -0.05) is 0 Å². The molecule has 1 fully saturated rings. The van der Waals surface area contributed by atoms with Gasteiger partial charge in [0.25, 0.3) is 0 Å². The van der Waals surface area contributed by atoms with Gasteiger partial charge in [0.15, 0.2) is 11.9 Å². The van der Waals surface area contributed by atoms with Crippen LogP contribution in [0.5, 0.6) is 5.75 Å². The summed E-state index contributed by atoms with van der Waals surface area (Å²) in [6, 6.07) is 4.17. The number of hydrogen-bond acceptors (Lipinski definition) is 4. The first kappa shape index (κ1) is 14.4. The molecule has 0 aromatic heterocycles. The van der Waals surface area contributed by atoms with Gasteiger partial charge in [0.2, 0.25) is 0 Å². The summed E-state index contributed by atoms with van der Waals surface area (Å²) >= 11 is 3.27. The van der Waals surface area contributed by atoms with Gasteiger partial charge in [-0.3, -0.25) is 4.79 Å². The Balaban J connectivity index is 1.95. The number of carbonyl (C=O) groups excluding carboxylic acids is 1. The Morgan fingerprint density at radius 3 is 2.89 bits per heavy atom. The van der Waals surface area contributed by atoms with E-state index in [0.29, 0.717) is 23.4 Å². The number of hydrogen-bond donors (Lipinski definition) is 0. The van der Waals surface area contributed by atoms with E-state index < -0.39 is 6.10 Å². The number of carbonyl (C=O) groups is 1. The number of ketones is 1. The van der Waals surface area contributed by atoms with Gasteiger partial charge in [0, 0.05) is 19.6 Å². The van der Waals surface area contributed by atoms with Crippen molar-refractivity contribution in [2.45, 2.75) is 18.6 Å². The zero-order chi connectivity index (χ0) is 13.8. The molecule has 1 aliphatic rings. The second-order valence-corrected chi connectivity index (χ2v) is 5.04. The molecule has 4 nitrogen and oxygen atoms in total. The van der Waals surface area contributed by atoms with E-state index in [1.54, 1.807) is 13.2 Å². The van der Waals surface area contributed by atoms with Crippen LogP contribution >= 0.6 is 15.9 Å². The highest BCUT2D eigenvalue weighted by Gasteiger charge is 2.42. The fourth-order valence-electron chi connectivity index (χ4n) is 1.76. The summed E-state index contributed by atoms with van der Waals surface area (Å²) in [5.74, 6) is -0.0211. The molecule has 0 spiro atoms. The molecule has 2 atom stereocenters. The topological polar surface area (TPSA) is 44.8 Å². The fourth-order valence-corrected chi connectivity index (χ4v) is 2.10. The average molecular weight is 333 g/mol. The second-order valence-electron chi connectivity index (χ2n) is 4.19. The van der Waals surface area contributed by atoms with E-state index in [1.165, 1.54) is 12.1 Å². The van der Waals surface area contributed by atoms with Crippen molar-refractivity contribution in [3.63, 3.8) is 0 Å². The highest BCUT2D eigenvalue weighted by molar-refractivity contribution is 9.10. The minimum Gasteiger partial charge on any atom is -0.485 e. The second kappa shape index (κ2) is 6.45. The zero-order valence-electron chi connectivity index (χ0n) is 10.4. The van der Waals surface area contributed by atoms with Gasteiger partial charge >= 0.3 is 0 Å². The first-order valence-corrected chi connectivity index (χ1v) is 6.66. The van der Waals surface area contributed by atoms with Gasteiger partial charge in [-0.15, -0.1) is 0 Å². The van der Waals surface area contributed by atoms with Crippen LogP contribution in [0.15, 0.2) is 22.7 Å². The molecule has 104 valence electrons. The Bertz CT molecular complexity index is 466. The molecule has 2 unspecified atom stereocenters. The number of methoxy groups -OCH3 is 1. The summed E-state index contributed by atoms with van der Waals surface area (Å²) in [4.78, 5) is 11.4. The standard InChI is InChI=1S/C13H14BrFO4/c1-17-4-5-18-13-10(16)7-12(13)19-11-6-8(15)2-3-9(11)14/h2-3,6,12-13H,4-5,7H2,1H3. The molecular formula is C13H14BrFO4. The first-order chi connectivity index (χ1) is 9.11. The zero-order valence-corrected chi connectivity index (χ0v) is 12.0. The van der Waals surface area contributed by atoms with Gasteiger partial charge in [-0.25, -0.2) is 4.39 Å². The molecule has 2 rings (SSSR count). The number of ether oxygens (including phenoxy) is 3. The van der Waals surface area contributed by atoms with Crippen LogP contribution in [-0.2, 0) is 14.3 Å². The average Bonchev–Trinajstić information content (AvgIpc) is 2.38. The van der Waals surface area contributed by atoms with Crippen LogP contribution in [0, 0.1) is 5.82 Å². The van der Waals surface area contributed by atoms with Crippen molar-refractivity contribution >= 4 is 21.7 Å². The van der Waals surface area contributed by atoms with Crippen molar-refractivity contribution in [2.24, 2.45) is 0 Å². The summed E-state index contributed by atoms with van der Waals surface area (Å²) in [6.07, 6.45) is -0.687. The van der Waals surface area contributed by atoms with Crippen LogP contribution in [0.2, 0.25) is 0 Å². The van der Waals surface area contributed by atoms with Crippen LogP contribution in [0.4, 0.5) is 4.39 Å². The number of benzene rings is 1. The lowest BCUT2D eigenvalue weighted by molar-refractivity contribution is -0.156. The minimum atomic E-state index is -0.592. The smallest absolute Gasteiger partial charge is 0.169 e. The predicted molar refractivity (Wildman–Crippen MR) is 69.8 cm³/mol. The molecule has 6 heteroatoms. The van der Waals surface area contributed by atoms with Crippen molar-refractivity contribution in [2.75, 3.05) is 20.3 Å². The summed E-state index contributed by atoms with van der Waals surface area (Å²) in [5.41, 5.74) is 0. The lowest BCUT2D eigenvalue weighted by atomic mass is 9.90. The van der Waals surface area contributed by atoms with Crippen molar-refractivity contribution in [3.05, 3.63) is 28.5 Å². The van der Waals surface area contributed by atoms with Crippen molar-refractivity contribution in [1.29, 1.82) is 0 Å². The third-order valence-corrected chi connectivity index (χ3v) is 3.47. The Hall–Kier alpha value is -0.980. The lowest BCUT2D eigenvalue weighted by Crippen LogP contribution is -2.52. The predicted octanol–water partition coefficient (Wildman–Crippen LogP) is 2.34. The van der Waals surface area contributed by atoms with Crippen LogP contribution in [-0.4, -0.2) is 38.3 Å². The molecular weight excluding hydrogens is 319 g/mol. The molecule has 0 aliphatic heterocycles. The molecule has 1 aromatic carbocycles. The Labute approximate surface area is 119 Å². The molecule has 1 aliphatic carbocycles. The third kappa shape index (κ3) is 3.52. The van der Waals surface area contributed by atoms with E-state index in [0.717, 1.165) is 0 Å². The molecule has 19 heavy (non-hydrogen) atoms. The molecule has 0 heterocycles. The summed E-state index contributed by atoms with van der Waals surface area (Å²) in [6.45, 7) is 0.747. The van der Waals surface area contributed by atoms with Crippen LogP contribution in [0.1, 0.15) is 6.42 Å². The van der Waals surface area contributed by atoms with E-state index in [-0.39, 0.29) is 24.1 Å². The maximum absolute atomic E-state index is 13.1. The fraction of sp³-hybridized carbons (Fsp3) is 0.462. The lowest BCUT2D eigenvalue weighted by Gasteiger charge is -2.34. The molecule has 1 saturated carbocycles. The summed E-state index contributed by atoms with van der Waals surface area (Å²) in [7, 11) is 1.56. The quantitative estimate of drug-likeness (QED) is 0.750. The molecule has 0 N–H and O–H groups in total. The van der Waals surface area contributed by atoms with Crippen molar-refractivity contribution < 1.29 is 23.4 Å². The van der Waals surface area contributed by atoms with Crippen LogP contribution in [0.3, 0.4) is 0 Å². The maximum Gasteiger partial charge on any atom is 0.169 e. The first-order valence-electron chi connectivity index (χ1n) is 5.87. The van der Waals surface area contributed by atoms with Gasteiger partial charge in [0.05, 0.1) is 17.7 Å². The van der Waals surface area contributed by atoms with Crippen molar-refractivity contribution in [1.82, 2.24) is 0 Å². The summed E-state index contributed by atoms with van der Waals surface area (Å²) in [5, 5.41) is 0. The largest absolute Gasteiger partial charge is 0.485 e. The number of halogens is 2. The molecule has 0 bridgehead atoms. The van der Waals surface area contributed by atoms with Gasteiger partial charge in [-0.2, -0.15) is 0 Å². The minimum absolute atomic E-state index is 0.00590. The molecule has 1 aromatic rings. The van der Waals surface area contributed by atoms with Crippen molar-refractivity contribution in [3.8, 4) is 5.75 Å². The van der Waals surface area contributed by atoms with Crippen LogP contribution < -0.4 is 4.74 Å². The Morgan fingerprint density at radius 2 is 2.21 bits per heavy atom. The third-order valence-electron chi connectivity index (χ3n) is 2.81. The number of rotatable bonds is 6. The molecule has 0 saturated heterocycles. The normalized spacial score (nSPS) is 22.2.